The molecule has 3 aromatic rings. The van der Waals surface area contributed by atoms with E-state index in [1.165, 1.54) is 12.1 Å². The second-order valence-corrected chi connectivity index (χ2v) is 10.3. The Kier molecular flexibility index (Phi) is 6.18. The second kappa shape index (κ2) is 9.67. The van der Waals surface area contributed by atoms with E-state index < -0.39 is 6.04 Å². The van der Waals surface area contributed by atoms with Gasteiger partial charge in [-0.15, -0.1) is 0 Å². The fourth-order valence-corrected chi connectivity index (χ4v) is 5.65. The summed E-state index contributed by atoms with van der Waals surface area (Å²) in [6, 6.07) is 11.7. The Morgan fingerprint density at radius 2 is 1.97 bits per heavy atom. The first kappa shape index (κ1) is 24.3. The standard InChI is InChI=1S/C30H29FN4O3/c1-18-10-21(22-14-27-26(32-16-22)11-19(2)33-27)12-23-17-34(8-9-38-29(18)23)30(37)35-7-6-25(36)15-28(35)20-4-3-5-24(31)13-20/h3-5,10,12-14,16,28H,6-9,11,15,17H2,1-2H3. The molecule has 1 atom stereocenters. The lowest BCUT2D eigenvalue weighted by Crippen LogP contribution is -2.48. The fraction of sp³-hybridized carbons (Fsp3) is 0.333. The van der Waals surface area contributed by atoms with Crippen LogP contribution in [0.4, 0.5) is 14.9 Å². The van der Waals surface area contributed by atoms with E-state index in [1.807, 2.05) is 20.0 Å². The summed E-state index contributed by atoms with van der Waals surface area (Å²) in [5, 5.41) is 0. The van der Waals surface area contributed by atoms with Crippen molar-refractivity contribution in [1.29, 1.82) is 0 Å². The van der Waals surface area contributed by atoms with Crippen LogP contribution in [0.25, 0.3) is 11.1 Å². The molecule has 194 valence electrons. The van der Waals surface area contributed by atoms with Crippen molar-refractivity contribution >= 4 is 23.2 Å². The first-order valence-electron chi connectivity index (χ1n) is 13.0. The Balaban J connectivity index is 1.30. The van der Waals surface area contributed by atoms with E-state index in [0.29, 0.717) is 38.2 Å². The first-order chi connectivity index (χ1) is 18.4. The highest BCUT2D eigenvalue weighted by atomic mass is 19.1. The number of aryl methyl sites for hydroxylation is 1. The van der Waals surface area contributed by atoms with Crippen LogP contribution in [0.2, 0.25) is 0 Å². The van der Waals surface area contributed by atoms with Gasteiger partial charge in [0.25, 0.3) is 0 Å². The number of Topliss-reactive ketones (excluding diaryl/α,β-unsaturated/α-hetero) is 1. The van der Waals surface area contributed by atoms with Gasteiger partial charge in [-0.05, 0) is 60.9 Å². The number of urea groups is 1. The maximum atomic E-state index is 14.0. The molecule has 0 spiro atoms. The monoisotopic (exact) mass is 512 g/mol. The number of amides is 2. The number of likely N-dealkylation sites (tertiary alicyclic amines) is 1. The number of benzene rings is 2. The molecule has 1 unspecified atom stereocenters. The molecule has 4 heterocycles. The van der Waals surface area contributed by atoms with Crippen molar-refractivity contribution in [2.45, 2.75) is 45.7 Å². The molecule has 0 aliphatic carbocycles. The maximum absolute atomic E-state index is 14.0. The van der Waals surface area contributed by atoms with Crippen molar-refractivity contribution in [3.8, 4) is 16.9 Å². The molecule has 1 fully saturated rings. The topological polar surface area (TPSA) is 75.1 Å². The molecule has 0 bridgehead atoms. The highest BCUT2D eigenvalue weighted by Gasteiger charge is 2.35. The number of hydrogen-bond acceptors (Lipinski definition) is 5. The van der Waals surface area contributed by atoms with Crippen LogP contribution in [0.1, 0.15) is 48.2 Å². The second-order valence-electron chi connectivity index (χ2n) is 10.3. The summed E-state index contributed by atoms with van der Waals surface area (Å²) in [7, 11) is 0. The average molecular weight is 513 g/mol. The van der Waals surface area contributed by atoms with Crippen LogP contribution in [0.15, 0.2) is 53.7 Å². The zero-order chi connectivity index (χ0) is 26.4. The highest BCUT2D eigenvalue weighted by Crippen LogP contribution is 2.37. The van der Waals surface area contributed by atoms with Gasteiger partial charge in [-0.3, -0.25) is 14.8 Å². The number of aliphatic imine (C=N–C) groups is 1. The molecular formula is C30H29FN4O3. The predicted octanol–water partition coefficient (Wildman–Crippen LogP) is 5.57. The molecule has 2 amide bonds. The van der Waals surface area contributed by atoms with Gasteiger partial charge in [-0.1, -0.05) is 12.1 Å². The van der Waals surface area contributed by atoms with Crippen molar-refractivity contribution in [1.82, 2.24) is 14.8 Å². The molecule has 7 nitrogen and oxygen atoms in total. The number of piperidine rings is 1. The van der Waals surface area contributed by atoms with Gasteiger partial charge in [-0.25, -0.2) is 9.18 Å². The SMILES string of the molecule is CC1=Nc2cc(-c3cc(C)c4c(c3)CN(C(=O)N3CCC(=O)CC3c3cccc(F)c3)CCO4)cnc2C1. The van der Waals surface area contributed by atoms with Crippen LogP contribution < -0.4 is 4.74 Å². The van der Waals surface area contributed by atoms with Crippen molar-refractivity contribution < 1.29 is 18.7 Å². The van der Waals surface area contributed by atoms with Gasteiger partial charge in [0.1, 0.15) is 24.0 Å². The van der Waals surface area contributed by atoms with E-state index >= 15 is 0 Å². The molecule has 3 aliphatic heterocycles. The van der Waals surface area contributed by atoms with Gasteiger partial charge >= 0.3 is 6.03 Å². The molecule has 1 aromatic heterocycles. The number of carbonyl (C=O) groups is 2. The molecule has 8 heteroatoms. The zero-order valence-corrected chi connectivity index (χ0v) is 21.5. The maximum Gasteiger partial charge on any atom is 0.320 e. The number of carbonyl (C=O) groups excluding carboxylic acids is 2. The summed E-state index contributed by atoms with van der Waals surface area (Å²) >= 11 is 0. The Morgan fingerprint density at radius 3 is 2.82 bits per heavy atom. The minimum Gasteiger partial charge on any atom is -0.491 e. The lowest BCUT2D eigenvalue weighted by atomic mass is 9.94. The van der Waals surface area contributed by atoms with E-state index in [0.717, 1.165) is 51.5 Å². The smallest absolute Gasteiger partial charge is 0.320 e. The number of aromatic nitrogens is 1. The van der Waals surface area contributed by atoms with Crippen LogP contribution in [0.3, 0.4) is 0 Å². The van der Waals surface area contributed by atoms with Gasteiger partial charge in [0.05, 0.1) is 30.5 Å². The van der Waals surface area contributed by atoms with E-state index in [1.54, 1.807) is 21.9 Å². The molecule has 0 saturated carbocycles. The number of nitrogens with zero attached hydrogens (tertiary/aromatic N) is 4. The first-order valence-corrected chi connectivity index (χ1v) is 13.0. The van der Waals surface area contributed by atoms with Gasteiger partial charge in [0.2, 0.25) is 0 Å². The number of fused-ring (bicyclic) bond motifs is 2. The summed E-state index contributed by atoms with van der Waals surface area (Å²) in [6.07, 6.45) is 3.15. The lowest BCUT2D eigenvalue weighted by molar-refractivity contribution is -0.122. The number of halogens is 1. The number of hydrogen-bond donors (Lipinski definition) is 0. The molecule has 0 N–H and O–H groups in total. The average Bonchev–Trinajstić information content (AvgIpc) is 3.13. The summed E-state index contributed by atoms with van der Waals surface area (Å²) in [4.78, 5) is 38.9. The van der Waals surface area contributed by atoms with E-state index in [4.69, 9.17) is 4.74 Å². The van der Waals surface area contributed by atoms with Crippen molar-refractivity contribution in [2.75, 3.05) is 19.7 Å². The lowest BCUT2D eigenvalue weighted by Gasteiger charge is -2.38. The Hall–Kier alpha value is -4.07. The number of ether oxygens (including phenoxy) is 1. The summed E-state index contributed by atoms with van der Waals surface area (Å²) in [6.45, 7) is 5.48. The molecule has 6 rings (SSSR count). The van der Waals surface area contributed by atoms with Crippen LogP contribution in [0, 0.1) is 12.7 Å². The van der Waals surface area contributed by atoms with Crippen LogP contribution in [-0.2, 0) is 17.8 Å². The normalized spacial score (nSPS) is 18.9. The molecular weight excluding hydrogens is 483 g/mol. The van der Waals surface area contributed by atoms with Gasteiger partial charge < -0.3 is 14.5 Å². The molecule has 3 aliphatic rings. The third-order valence-corrected chi connectivity index (χ3v) is 7.51. The molecule has 2 aromatic carbocycles. The summed E-state index contributed by atoms with van der Waals surface area (Å²) in [5.74, 6) is 0.494. The van der Waals surface area contributed by atoms with Gasteiger partial charge in [0, 0.05) is 48.8 Å². The molecule has 38 heavy (non-hydrogen) atoms. The fourth-order valence-electron chi connectivity index (χ4n) is 5.65. The van der Waals surface area contributed by atoms with Crippen molar-refractivity contribution in [2.24, 2.45) is 4.99 Å². The Morgan fingerprint density at radius 1 is 1.11 bits per heavy atom. The van der Waals surface area contributed by atoms with Crippen LogP contribution in [0.5, 0.6) is 5.75 Å². The number of ketones is 1. The van der Waals surface area contributed by atoms with E-state index in [-0.39, 0.29) is 24.1 Å². The highest BCUT2D eigenvalue weighted by molar-refractivity contribution is 5.92. The largest absolute Gasteiger partial charge is 0.491 e. The third-order valence-electron chi connectivity index (χ3n) is 7.51. The zero-order valence-electron chi connectivity index (χ0n) is 21.5. The number of pyridine rings is 1. The Labute approximate surface area is 221 Å². The van der Waals surface area contributed by atoms with Crippen molar-refractivity contribution in [3.63, 3.8) is 0 Å². The van der Waals surface area contributed by atoms with E-state index in [2.05, 4.69) is 28.2 Å². The van der Waals surface area contributed by atoms with Crippen LogP contribution >= 0.6 is 0 Å². The Bertz CT molecular complexity index is 1480. The molecule has 0 radical (unpaired) electrons. The predicted molar refractivity (Wildman–Crippen MR) is 142 cm³/mol. The summed E-state index contributed by atoms with van der Waals surface area (Å²) < 4.78 is 20.1. The van der Waals surface area contributed by atoms with Crippen molar-refractivity contribution in [3.05, 3.63) is 76.9 Å². The number of rotatable bonds is 2. The van der Waals surface area contributed by atoms with Gasteiger partial charge in [0.15, 0.2) is 0 Å². The quantitative estimate of drug-likeness (QED) is 0.450. The van der Waals surface area contributed by atoms with E-state index in [9.17, 15) is 14.0 Å². The minimum absolute atomic E-state index is 0.0793. The van der Waals surface area contributed by atoms with Crippen LogP contribution in [-0.4, -0.2) is 52.0 Å². The minimum atomic E-state index is -0.488. The summed E-state index contributed by atoms with van der Waals surface area (Å²) in [5.41, 5.74) is 7.47. The molecule has 1 saturated heterocycles. The van der Waals surface area contributed by atoms with Gasteiger partial charge in [-0.2, -0.15) is 0 Å². The third kappa shape index (κ3) is 4.55.